The first-order valence-electron chi connectivity index (χ1n) is 7.00. The SMILES string of the molecule is N#CC1(Nc2ccc(Cl)c(Br)c2)CCN2CCCC2C1. The summed E-state index contributed by atoms with van der Waals surface area (Å²) in [4.78, 5) is 2.52. The van der Waals surface area contributed by atoms with E-state index in [4.69, 9.17) is 11.6 Å². The molecule has 5 heteroatoms. The number of fused-ring (bicyclic) bond motifs is 1. The van der Waals surface area contributed by atoms with Crippen LogP contribution in [0.5, 0.6) is 0 Å². The maximum atomic E-state index is 9.68. The summed E-state index contributed by atoms with van der Waals surface area (Å²) in [7, 11) is 0. The van der Waals surface area contributed by atoms with Crippen LogP contribution >= 0.6 is 27.5 Å². The minimum atomic E-state index is -0.446. The van der Waals surface area contributed by atoms with E-state index in [-0.39, 0.29) is 0 Å². The van der Waals surface area contributed by atoms with Crippen LogP contribution in [0.4, 0.5) is 5.69 Å². The summed E-state index contributed by atoms with van der Waals surface area (Å²) in [6.07, 6.45) is 4.26. The van der Waals surface area contributed by atoms with Crippen molar-refractivity contribution in [1.82, 2.24) is 4.90 Å². The van der Waals surface area contributed by atoms with Crippen LogP contribution in [0.1, 0.15) is 25.7 Å². The number of benzene rings is 1. The van der Waals surface area contributed by atoms with E-state index in [9.17, 15) is 5.26 Å². The summed E-state index contributed by atoms with van der Waals surface area (Å²) in [6.45, 7) is 2.21. The molecule has 0 spiro atoms. The Labute approximate surface area is 133 Å². The first-order chi connectivity index (χ1) is 9.62. The highest BCUT2D eigenvalue weighted by atomic mass is 79.9. The van der Waals surface area contributed by atoms with E-state index in [2.05, 4.69) is 32.2 Å². The lowest BCUT2D eigenvalue weighted by Gasteiger charge is -2.41. The second-order valence-electron chi connectivity index (χ2n) is 5.73. The predicted molar refractivity (Wildman–Crippen MR) is 84.9 cm³/mol. The van der Waals surface area contributed by atoms with Gasteiger partial charge < -0.3 is 10.2 Å². The van der Waals surface area contributed by atoms with E-state index in [0.717, 1.165) is 29.5 Å². The number of halogens is 2. The molecule has 106 valence electrons. The lowest BCUT2D eigenvalue weighted by molar-refractivity contribution is 0.165. The molecule has 2 saturated heterocycles. The molecule has 2 heterocycles. The maximum absolute atomic E-state index is 9.68. The second-order valence-corrected chi connectivity index (χ2v) is 7.00. The van der Waals surface area contributed by atoms with Gasteiger partial charge in [-0.1, -0.05) is 11.6 Å². The van der Waals surface area contributed by atoms with Crippen molar-refractivity contribution >= 4 is 33.2 Å². The summed E-state index contributed by atoms with van der Waals surface area (Å²) in [5.41, 5.74) is 0.507. The fourth-order valence-electron chi connectivity index (χ4n) is 3.35. The Balaban J connectivity index is 1.79. The Morgan fingerprint density at radius 1 is 1.45 bits per heavy atom. The van der Waals surface area contributed by atoms with Crippen LogP contribution in [0, 0.1) is 11.3 Å². The summed E-state index contributed by atoms with van der Waals surface area (Å²) in [5.74, 6) is 0. The molecule has 20 heavy (non-hydrogen) atoms. The van der Waals surface area contributed by atoms with Gasteiger partial charge in [-0.15, -0.1) is 0 Å². The Bertz CT molecular complexity index is 557. The highest BCUT2D eigenvalue weighted by Crippen LogP contribution is 2.36. The first kappa shape index (κ1) is 14.2. The van der Waals surface area contributed by atoms with Gasteiger partial charge in [0.25, 0.3) is 0 Å². The smallest absolute Gasteiger partial charge is 0.128 e. The number of nitrogens with one attached hydrogen (secondary N) is 1. The van der Waals surface area contributed by atoms with Crippen molar-refractivity contribution in [2.45, 2.75) is 37.3 Å². The topological polar surface area (TPSA) is 39.1 Å². The molecule has 2 atom stereocenters. The molecule has 1 aromatic rings. The fourth-order valence-corrected chi connectivity index (χ4v) is 3.85. The van der Waals surface area contributed by atoms with Crippen molar-refractivity contribution in [2.24, 2.45) is 0 Å². The molecular formula is C15H17BrClN3. The molecule has 1 N–H and O–H groups in total. The number of hydrogen-bond acceptors (Lipinski definition) is 3. The maximum Gasteiger partial charge on any atom is 0.128 e. The number of nitrogens with zero attached hydrogens (tertiary/aromatic N) is 2. The number of nitriles is 1. The minimum absolute atomic E-state index is 0.446. The predicted octanol–water partition coefficient (Wildman–Crippen LogP) is 4.03. The molecule has 2 aliphatic heterocycles. The van der Waals surface area contributed by atoms with Gasteiger partial charge in [0.1, 0.15) is 5.54 Å². The molecule has 3 rings (SSSR count). The second kappa shape index (κ2) is 5.55. The van der Waals surface area contributed by atoms with Crippen molar-refractivity contribution in [2.75, 3.05) is 18.4 Å². The molecule has 3 nitrogen and oxygen atoms in total. The van der Waals surface area contributed by atoms with Crippen LogP contribution in [0.15, 0.2) is 22.7 Å². The number of piperidine rings is 1. The third-order valence-electron chi connectivity index (χ3n) is 4.43. The van der Waals surface area contributed by atoms with Gasteiger partial charge in [-0.05, 0) is 66.4 Å². The molecule has 2 fully saturated rings. The Morgan fingerprint density at radius 2 is 2.30 bits per heavy atom. The zero-order valence-corrected chi connectivity index (χ0v) is 13.5. The monoisotopic (exact) mass is 353 g/mol. The molecule has 1 aromatic carbocycles. The van der Waals surface area contributed by atoms with Crippen LogP contribution in [-0.4, -0.2) is 29.6 Å². The first-order valence-corrected chi connectivity index (χ1v) is 8.17. The van der Waals surface area contributed by atoms with Crippen molar-refractivity contribution in [1.29, 1.82) is 5.26 Å². The third-order valence-corrected chi connectivity index (χ3v) is 5.64. The summed E-state index contributed by atoms with van der Waals surface area (Å²) in [6, 6.07) is 8.82. The van der Waals surface area contributed by atoms with E-state index < -0.39 is 5.54 Å². The average molecular weight is 355 g/mol. The van der Waals surface area contributed by atoms with Gasteiger partial charge in [-0.25, -0.2) is 0 Å². The number of hydrogen-bond donors (Lipinski definition) is 1. The van der Waals surface area contributed by atoms with Gasteiger partial charge in [-0.3, -0.25) is 0 Å². The van der Waals surface area contributed by atoms with Crippen LogP contribution in [0.2, 0.25) is 5.02 Å². The van der Waals surface area contributed by atoms with Crippen LogP contribution in [-0.2, 0) is 0 Å². The van der Waals surface area contributed by atoms with Gasteiger partial charge in [0, 0.05) is 22.7 Å². The lowest BCUT2D eigenvalue weighted by atomic mass is 9.84. The molecule has 0 radical (unpaired) electrons. The standard InChI is InChI=1S/C15H17BrClN3/c16-13-8-11(3-4-14(13)17)19-15(10-18)5-7-20-6-1-2-12(20)9-15/h3-4,8,12,19H,1-2,5-7,9H2. The summed E-state index contributed by atoms with van der Waals surface area (Å²) in [5, 5.41) is 13.8. The Hall–Kier alpha value is -0.760. The normalized spacial score (nSPS) is 29.8. The molecule has 2 unspecified atom stereocenters. The van der Waals surface area contributed by atoms with E-state index in [1.165, 1.54) is 19.4 Å². The van der Waals surface area contributed by atoms with Crippen molar-refractivity contribution in [3.8, 4) is 6.07 Å². The van der Waals surface area contributed by atoms with Crippen molar-refractivity contribution in [3.05, 3.63) is 27.7 Å². The largest absolute Gasteiger partial charge is 0.367 e. The van der Waals surface area contributed by atoms with E-state index in [0.29, 0.717) is 11.1 Å². The molecule has 0 bridgehead atoms. The molecule has 0 aliphatic carbocycles. The van der Waals surface area contributed by atoms with E-state index in [1.807, 2.05) is 18.2 Å². The van der Waals surface area contributed by atoms with Gasteiger partial charge in [0.2, 0.25) is 0 Å². The zero-order chi connectivity index (χ0) is 14.2. The summed E-state index contributed by atoms with van der Waals surface area (Å²) < 4.78 is 0.857. The van der Waals surface area contributed by atoms with E-state index in [1.54, 1.807) is 0 Å². The number of rotatable bonds is 2. The van der Waals surface area contributed by atoms with Crippen molar-refractivity contribution < 1.29 is 0 Å². The molecular weight excluding hydrogens is 338 g/mol. The fraction of sp³-hybridized carbons (Fsp3) is 0.533. The van der Waals surface area contributed by atoms with Crippen LogP contribution in [0.25, 0.3) is 0 Å². The van der Waals surface area contributed by atoms with Crippen LogP contribution < -0.4 is 5.32 Å². The lowest BCUT2D eigenvalue weighted by Crippen LogP contribution is -2.51. The molecule has 2 aliphatic rings. The van der Waals surface area contributed by atoms with Gasteiger partial charge in [-0.2, -0.15) is 5.26 Å². The number of anilines is 1. The minimum Gasteiger partial charge on any atom is -0.367 e. The highest BCUT2D eigenvalue weighted by molar-refractivity contribution is 9.10. The highest BCUT2D eigenvalue weighted by Gasteiger charge is 2.41. The van der Waals surface area contributed by atoms with Gasteiger partial charge in [0.15, 0.2) is 0 Å². The molecule has 0 aromatic heterocycles. The van der Waals surface area contributed by atoms with E-state index >= 15 is 0 Å². The van der Waals surface area contributed by atoms with Crippen molar-refractivity contribution in [3.63, 3.8) is 0 Å². The Morgan fingerprint density at radius 3 is 3.05 bits per heavy atom. The Kier molecular flexibility index (Phi) is 3.94. The average Bonchev–Trinajstić information content (AvgIpc) is 2.90. The third kappa shape index (κ3) is 2.67. The van der Waals surface area contributed by atoms with Gasteiger partial charge in [0.05, 0.1) is 11.1 Å². The molecule has 0 saturated carbocycles. The van der Waals surface area contributed by atoms with Gasteiger partial charge >= 0.3 is 0 Å². The summed E-state index contributed by atoms with van der Waals surface area (Å²) >= 11 is 9.45. The quantitative estimate of drug-likeness (QED) is 0.871. The molecule has 0 amide bonds. The van der Waals surface area contributed by atoms with Crippen LogP contribution in [0.3, 0.4) is 0 Å². The zero-order valence-electron chi connectivity index (χ0n) is 11.2.